The number of H-pyrrole nitrogens is 1. The summed E-state index contributed by atoms with van der Waals surface area (Å²) in [6.45, 7) is 0. The molecule has 1 saturated carbocycles. The molecule has 36 heavy (non-hydrogen) atoms. The van der Waals surface area contributed by atoms with Crippen LogP contribution >= 0.6 is 0 Å². The first-order chi connectivity index (χ1) is 17.3. The number of nitrogens with one attached hydrogen (secondary N) is 1. The molecule has 0 spiro atoms. The van der Waals surface area contributed by atoms with E-state index >= 15 is 0 Å². The Morgan fingerprint density at radius 2 is 1.92 bits per heavy atom. The lowest BCUT2D eigenvalue weighted by atomic mass is 9.91. The maximum absolute atomic E-state index is 13.8. The molecule has 0 atom stereocenters. The summed E-state index contributed by atoms with van der Waals surface area (Å²) in [5.74, 6) is 0.374. The van der Waals surface area contributed by atoms with E-state index in [0.29, 0.717) is 49.9 Å². The van der Waals surface area contributed by atoms with Gasteiger partial charge in [0.05, 0.1) is 39.9 Å². The Labute approximate surface area is 205 Å². The van der Waals surface area contributed by atoms with Gasteiger partial charge in [-0.1, -0.05) is 18.2 Å². The zero-order valence-corrected chi connectivity index (χ0v) is 20.0. The molecule has 0 unspecified atom stereocenters. The maximum atomic E-state index is 13.8. The maximum Gasteiger partial charge on any atom is 0.332 e. The minimum atomic E-state index is -4.89. The molecule has 0 amide bonds. The van der Waals surface area contributed by atoms with Gasteiger partial charge in [-0.05, 0) is 61.2 Å². The summed E-state index contributed by atoms with van der Waals surface area (Å²) in [6, 6.07) is 16.6. The third-order valence-electron chi connectivity index (χ3n) is 7.06. The average molecular weight is 502 g/mol. The van der Waals surface area contributed by atoms with E-state index in [9.17, 15) is 22.4 Å². The number of halogens is 1. The van der Waals surface area contributed by atoms with Gasteiger partial charge in [0.2, 0.25) is 0 Å². The minimum Gasteiger partial charge on any atom is -0.496 e. The fraction of sp³-hybridized carbons (Fsp3) is 0.185. The Bertz CT molecular complexity index is 1930. The predicted octanol–water partition coefficient (Wildman–Crippen LogP) is 5.57. The highest BCUT2D eigenvalue weighted by molar-refractivity contribution is 7.86. The number of ether oxygens (including phenoxy) is 1. The van der Waals surface area contributed by atoms with Gasteiger partial charge < -0.3 is 14.3 Å². The molecule has 2 aromatic heterocycles. The topological polar surface area (TPSA) is 105 Å². The zero-order valence-electron chi connectivity index (χ0n) is 19.2. The van der Waals surface area contributed by atoms with Crippen molar-refractivity contribution in [3.05, 3.63) is 70.4 Å². The molecule has 1 fully saturated rings. The molecule has 0 bridgehead atoms. The summed E-state index contributed by atoms with van der Waals surface area (Å²) >= 11 is 0. The van der Waals surface area contributed by atoms with Crippen LogP contribution in [-0.2, 0) is 10.2 Å². The monoisotopic (exact) mass is 501 g/mol. The number of rotatable bonds is 4. The van der Waals surface area contributed by atoms with Crippen LogP contribution in [0.1, 0.15) is 30.9 Å². The van der Waals surface area contributed by atoms with Crippen molar-refractivity contribution in [2.24, 2.45) is 0 Å². The van der Waals surface area contributed by atoms with Crippen molar-refractivity contribution in [1.29, 1.82) is 5.26 Å². The molecule has 6 rings (SSSR count). The van der Waals surface area contributed by atoms with Crippen molar-refractivity contribution in [2.75, 3.05) is 7.11 Å². The standard InChI is InChI=1S/C27H20FN3O4S/c1-35-24-13-21-23(12-20(24)16-4-2-7-18(11-16)36(28,33)34)31(17-5-3-6-17)27-25(26(21)32)19-9-8-15(14-29)10-22(19)30-27/h2,4,7-13,17,30H,3,5-6H2,1H3. The van der Waals surface area contributed by atoms with E-state index in [1.165, 1.54) is 25.3 Å². The third kappa shape index (κ3) is 3.29. The molecule has 1 aliphatic carbocycles. The zero-order chi connectivity index (χ0) is 25.2. The largest absolute Gasteiger partial charge is 0.496 e. The molecule has 7 nitrogen and oxygen atoms in total. The van der Waals surface area contributed by atoms with Crippen LogP contribution in [0.4, 0.5) is 3.89 Å². The van der Waals surface area contributed by atoms with Crippen molar-refractivity contribution in [3.63, 3.8) is 0 Å². The molecule has 0 radical (unpaired) electrons. The van der Waals surface area contributed by atoms with E-state index in [2.05, 4.69) is 15.6 Å². The number of nitrogens with zero attached hydrogens (tertiary/aromatic N) is 2. The molecular weight excluding hydrogens is 481 g/mol. The molecule has 5 aromatic rings. The second-order valence-electron chi connectivity index (χ2n) is 9.04. The van der Waals surface area contributed by atoms with Gasteiger partial charge in [0, 0.05) is 22.5 Å². The number of hydrogen-bond donors (Lipinski definition) is 1. The van der Waals surface area contributed by atoms with Gasteiger partial charge in [0.15, 0.2) is 5.43 Å². The number of aromatic nitrogens is 2. The van der Waals surface area contributed by atoms with Gasteiger partial charge in [-0.15, -0.1) is 3.89 Å². The smallest absolute Gasteiger partial charge is 0.332 e. The van der Waals surface area contributed by atoms with Crippen LogP contribution < -0.4 is 10.2 Å². The predicted molar refractivity (Wildman–Crippen MR) is 135 cm³/mol. The van der Waals surface area contributed by atoms with Crippen molar-refractivity contribution in [2.45, 2.75) is 30.2 Å². The number of pyridine rings is 1. The van der Waals surface area contributed by atoms with Crippen LogP contribution in [-0.4, -0.2) is 25.1 Å². The van der Waals surface area contributed by atoms with Gasteiger partial charge in [-0.2, -0.15) is 13.7 Å². The molecule has 9 heteroatoms. The first-order valence-electron chi connectivity index (χ1n) is 11.5. The minimum absolute atomic E-state index is 0.165. The van der Waals surface area contributed by atoms with E-state index in [-0.39, 0.29) is 11.5 Å². The van der Waals surface area contributed by atoms with E-state index in [1.54, 1.807) is 30.3 Å². The summed E-state index contributed by atoms with van der Waals surface area (Å²) < 4.78 is 44.5. The normalized spacial score (nSPS) is 14.2. The number of aromatic amines is 1. The summed E-state index contributed by atoms with van der Waals surface area (Å²) in [5.41, 5.74) is 3.38. The lowest BCUT2D eigenvalue weighted by molar-refractivity contribution is 0.327. The fourth-order valence-electron chi connectivity index (χ4n) is 5.10. The first-order valence-corrected chi connectivity index (χ1v) is 12.9. The van der Waals surface area contributed by atoms with Crippen molar-refractivity contribution >= 4 is 43.1 Å². The lowest BCUT2D eigenvalue weighted by Crippen LogP contribution is -2.21. The third-order valence-corrected chi connectivity index (χ3v) is 7.88. The van der Waals surface area contributed by atoms with Crippen LogP contribution in [0, 0.1) is 11.3 Å². The molecule has 0 aliphatic heterocycles. The Morgan fingerprint density at radius 1 is 1.11 bits per heavy atom. The number of nitriles is 1. The number of fused-ring (bicyclic) bond motifs is 4. The van der Waals surface area contributed by atoms with Crippen LogP contribution in [0.3, 0.4) is 0 Å². The van der Waals surface area contributed by atoms with E-state index < -0.39 is 15.1 Å². The Morgan fingerprint density at radius 3 is 2.58 bits per heavy atom. The van der Waals surface area contributed by atoms with Crippen LogP contribution in [0.15, 0.2) is 64.3 Å². The van der Waals surface area contributed by atoms with E-state index in [0.717, 1.165) is 24.6 Å². The second kappa shape index (κ2) is 7.93. The summed E-state index contributed by atoms with van der Waals surface area (Å²) in [5, 5.41) is 11.1. The Balaban J connectivity index is 1.74. The Hall–Kier alpha value is -4.16. The van der Waals surface area contributed by atoms with Crippen molar-refractivity contribution in [3.8, 4) is 22.9 Å². The van der Waals surface area contributed by atoms with Crippen molar-refractivity contribution < 1.29 is 17.0 Å². The van der Waals surface area contributed by atoms with Crippen LogP contribution in [0.2, 0.25) is 0 Å². The summed E-state index contributed by atoms with van der Waals surface area (Å²) in [6.07, 6.45) is 2.96. The molecule has 3 aromatic carbocycles. The highest BCUT2D eigenvalue weighted by atomic mass is 32.3. The highest BCUT2D eigenvalue weighted by Gasteiger charge is 2.27. The lowest BCUT2D eigenvalue weighted by Gasteiger charge is -2.31. The van der Waals surface area contributed by atoms with Crippen LogP contribution in [0.25, 0.3) is 44.0 Å². The van der Waals surface area contributed by atoms with E-state index in [1.807, 2.05) is 6.07 Å². The van der Waals surface area contributed by atoms with Crippen molar-refractivity contribution in [1.82, 2.24) is 9.55 Å². The number of benzene rings is 3. The Kier molecular flexibility index (Phi) is 4.92. The number of hydrogen-bond acceptors (Lipinski definition) is 5. The van der Waals surface area contributed by atoms with Gasteiger partial charge in [-0.3, -0.25) is 4.79 Å². The molecule has 0 saturated heterocycles. The molecule has 2 heterocycles. The van der Waals surface area contributed by atoms with Gasteiger partial charge >= 0.3 is 10.2 Å². The highest BCUT2D eigenvalue weighted by Crippen LogP contribution is 2.41. The summed E-state index contributed by atoms with van der Waals surface area (Å²) in [4.78, 5) is 16.7. The van der Waals surface area contributed by atoms with Crippen LogP contribution in [0.5, 0.6) is 5.75 Å². The fourth-order valence-corrected chi connectivity index (χ4v) is 5.61. The second-order valence-corrected chi connectivity index (χ2v) is 10.4. The molecule has 180 valence electrons. The van der Waals surface area contributed by atoms with Gasteiger partial charge in [0.1, 0.15) is 11.4 Å². The first kappa shape index (κ1) is 22.3. The SMILES string of the molecule is COc1cc2c(=O)c3c4ccc(C#N)cc4[nH]c3n(C3CCC3)c2cc1-c1cccc(S(=O)(=O)F)c1. The van der Waals surface area contributed by atoms with Gasteiger partial charge in [-0.25, -0.2) is 0 Å². The molecular formula is C27H20FN3O4S. The molecule has 1 N–H and O–H groups in total. The quantitative estimate of drug-likeness (QED) is 0.324. The number of methoxy groups -OCH3 is 1. The summed E-state index contributed by atoms with van der Waals surface area (Å²) in [7, 11) is -3.42. The average Bonchev–Trinajstić information content (AvgIpc) is 3.22. The van der Waals surface area contributed by atoms with Gasteiger partial charge in [0.25, 0.3) is 0 Å². The van der Waals surface area contributed by atoms with E-state index in [4.69, 9.17) is 4.74 Å². The molecule has 1 aliphatic rings.